The Labute approximate surface area is 416 Å². The van der Waals surface area contributed by atoms with Crippen molar-refractivity contribution in [3.63, 3.8) is 0 Å². The lowest BCUT2D eigenvalue weighted by atomic mass is 9.90. The van der Waals surface area contributed by atoms with E-state index in [0.29, 0.717) is 53.2 Å². The first-order valence-electron chi connectivity index (χ1n) is 26.0. The van der Waals surface area contributed by atoms with Gasteiger partial charge in [-0.25, -0.2) is 15.0 Å². The van der Waals surface area contributed by atoms with Crippen LogP contribution in [0.25, 0.3) is 11.1 Å². The molecule has 0 saturated carbocycles. The number of nitrogens with one attached hydrogen (secondary N) is 2. The second-order valence-electron chi connectivity index (χ2n) is 20.5. The Bertz CT molecular complexity index is 3110. The number of nitrogens with zero attached hydrogens (tertiary/aromatic N) is 9. The van der Waals surface area contributed by atoms with E-state index in [4.69, 9.17) is 13.8 Å². The van der Waals surface area contributed by atoms with Crippen molar-refractivity contribution < 1.29 is 37.9 Å². The number of benzene rings is 1. The highest BCUT2D eigenvalue weighted by Crippen LogP contribution is 2.42. The quantitative estimate of drug-likeness (QED) is 0.148. The zero-order valence-electron chi connectivity index (χ0n) is 43.3. The van der Waals surface area contributed by atoms with E-state index in [1.807, 2.05) is 24.3 Å². The van der Waals surface area contributed by atoms with E-state index in [-0.39, 0.29) is 52.9 Å². The van der Waals surface area contributed by atoms with Gasteiger partial charge in [0.25, 0.3) is 17.7 Å². The molecule has 3 saturated heterocycles. The number of aliphatic hydroxyl groups is 1. The summed E-state index contributed by atoms with van der Waals surface area (Å²) < 4.78 is 31.1. The lowest BCUT2D eigenvalue weighted by molar-refractivity contribution is -0.136. The number of carbonyl (C=O) groups excluding carboxylic acids is 5. The highest BCUT2D eigenvalue weighted by atomic mass is 16.5. The molecule has 0 radical (unpaired) electrons. The van der Waals surface area contributed by atoms with Crippen LogP contribution in [0.4, 0.5) is 28.7 Å². The molecule has 3 N–H and O–H groups in total. The molecule has 3 fully saturated rings. The number of ether oxygens (including phenoxy) is 1. The van der Waals surface area contributed by atoms with Crippen molar-refractivity contribution in [2.75, 3.05) is 66.3 Å². The van der Waals surface area contributed by atoms with Crippen LogP contribution >= 0.6 is 0 Å². The molecular formula is C53H59N11O7. The fourth-order valence-corrected chi connectivity index (χ4v) is 11.8. The van der Waals surface area contributed by atoms with Gasteiger partial charge in [-0.05, 0) is 111 Å². The third kappa shape index (κ3) is 8.25. The van der Waals surface area contributed by atoms with E-state index in [2.05, 4.69) is 60.6 Å². The van der Waals surface area contributed by atoms with Crippen LogP contribution in [0, 0.1) is 5.41 Å². The van der Waals surface area contributed by atoms with Gasteiger partial charge < -0.3 is 29.5 Å². The molecule has 18 nitrogen and oxygen atoms in total. The molecule has 3 atom stereocenters. The molecule has 1 aromatic carbocycles. The maximum Gasteiger partial charge on any atom is 0.276 e. The molecular weight excluding hydrogens is 903 g/mol. The Morgan fingerprint density at radius 2 is 1.65 bits per heavy atom. The van der Waals surface area contributed by atoms with Crippen molar-refractivity contribution in [3.05, 3.63) is 101 Å². The van der Waals surface area contributed by atoms with Gasteiger partial charge in [0.2, 0.25) is 17.7 Å². The predicted molar refractivity (Wildman–Crippen MR) is 266 cm³/mol. The average Bonchev–Trinajstić information content (AvgIpc) is 3.96. The number of carbonyl (C=O) groups is 5. The molecule has 18 heteroatoms. The molecule has 11 rings (SSSR count). The van der Waals surface area contributed by atoms with Crippen LogP contribution in [0.1, 0.15) is 112 Å². The second-order valence-corrected chi connectivity index (χ2v) is 20.5. The first-order valence-corrected chi connectivity index (χ1v) is 24.5. The minimum atomic E-state index is -2.80. The van der Waals surface area contributed by atoms with Crippen molar-refractivity contribution in [1.82, 2.24) is 34.6 Å². The van der Waals surface area contributed by atoms with Crippen LogP contribution in [0.15, 0.2) is 67.1 Å². The van der Waals surface area contributed by atoms with E-state index in [1.54, 1.807) is 48.5 Å². The minimum absolute atomic E-state index is 0.0677. The number of pyridine rings is 3. The van der Waals surface area contributed by atoms with E-state index < -0.39 is 42.8 Å². The van der Waals surface area contributed by atoms with E-state index >= 15 is 0 Å². The molecule has 71 heavy (non-hydrogen) atoms. The molecule has 4 aromatic heterocycles. The summed E-state index contributed by atoms with van der Waals surface area (Å²) in [4.78, 5) is 88.7. The number of anilines is 5. The van der Waals surface area contributed by atoms with Gasteiger partial charge in [0, 0.05) is 99.2 Å². The Morgan fingerprint density at radius 1 is 0.845 bits per heavy atom. The first kappa shape index (κ1) is 42.7. The summed E-state index contributed by atoms with van der Waals surface area (Å²) in [6.45, 7) is 13.3. The zero-order valence-corrected chi connectivity index (χ0v) is 40.3. The van der Waals surface area contributed by atoms with Crippen LogP contribution in [0.5, 0.6) is 5.88 Å². The number of aromatic nitrogens is 4. The smallest absolute Gasteiger partial charge is 0.276 e. The number of hydrogen-bond acceptors (Lipinski definition) is 14. The standard InChI is InChI=1S/C53H59N11O7/c1-30-29-60(34-13-16-59(17-14-34)35-6-8-38-39(24-35)51(69)64(50(38)68)41-9-11-45(66)58-48(41)67)18-19-61(30)36-7-10-44(55-28-36)57-40-22-33(27-56-49(40)71-5)37-12-15-54-47(46(37)31(2)65)63-21-20-62-42(52(63)70)23-32-25-53(3,4)26-43(32)62/h6-8,10,12,15,22-24,27-28,30-31,34,41,65H,9,11,13-14,16-21,25-26,29H2,1-5H3,(H,55,57)(H,58,66,67)/t30-,31+,41?/m0/s1/i5D3. The van der Waals surface area contributed by atoms with Gasteiger partial charge in [-0.15, -0.1) is 0 Å². The molecule has 1 unspecified atom stereocenters. The summed E-state index contributed by atoms with van der Waals surface area (Å²) in [6.07, 6.45) is 7.66. The number of piperazine rings is 1. The van der Waals surface area contributed by atoms with Crippen molar-refractivity contribution in [2.45, 2.75) is 97.0 Å². The molecule has 6 aliphatic rings. The maximum atomic E-state index is 14.2. The van der Waals surface area contributed by atoms with Gasteiger partial charge >= 0.3 is 0 Å². The fraction of sp³-hybridized carbons (Fsp3) is 0.434. The van der Waals surface area contributed by atoms with Gasteiger partial charge in [0.05, 0.1) is 40.3 Å². The number of imide groups is 2. The topological polar surface area (TPSA) is 199 Å². The Balaban J connectivity index is 0.746. The molecule has 5 aliphatic heterocycles. The number of amides is 5. The van der Waals surface area contributed by atoms with Crippen molar-refractivity contribution in [1.29, 1.82) is 0 Å². The molecule has 0 bridgehead atoms. The summed E-state index contributed by atoms with van der Waals surface area (Å²) in [5.74, 6) is -1.64. The number of piperidine rings is 2. The van der Waals surface area contributed by atoms with Crippen molar-refractivity contribution in [3.8, 4) is 17.0 Å². The SMILES string of the molecule is [2H]C([2H])([2H])Oc1ncc(-c2ccnc(N3CCn4c(cc5c4CC(C)(C)C5)C3=O)c2[C@@H](C)O)cc1Nc1ccc(N2CCN(C3CCN(c4ccc5c(c4)C(=O)N(C4CCC(=O)NC4=O)C5=O)CC3)C[C@@H]2C)cn1. The normalized spacial score (nSPS) is 22.7. The number of methoxy groups -OCH3 is 1. The third-order valence-electron chi connectivity index (χ3n) is 15.3. The van der Waals surface area contributed by atoms with Gasteiger partial charge in [-0.2, -0.15) is 0 Å². The molecule has 368 valence electrons. The monoisotopic (exact) mass is 964 g/mol. The Hall–Kier alpha value is -7.18. The number of fused-ring (bicyclic) bond motifs is 4. The Kier molecular flexibility index (Phi) is 10.8. The molecule has 0 spiro atoms. The highest BCUT2D eigenvalue weighted by molar-refractivity contribution is 6.23. The third-order valence-corrected chi connectivity index (χ3v) is 15.3. The van der Waals surface area contributed by atoms with Crippen LogP contribution in [-0.4, -0.2) is 128 Å². The first-order chi connectivity index (χ1) is 35.3. The molecule has 5 amide bonds. The van der Waals surface area contributed by atoms with Crippen LogP contribution in [0.3, 0.4) is 0 Å². The van der Waals surface area contributed by atoms with E-state index in [0.717, 1.165) is 74.7 Å². The minimum Gasteiger partial charge on any atom is -0.480 e. The lowest BCUT2D eigenvalue weighted by Crippen LogP contribution is -2.57. The second kappa shape index (κ2) is 17.9. The van der Waals surface area contributed by atoms with E-state index in [1.165, 1.54) is 17.5 Å². The number of hydrogen-bond donors (Lipinski definition) is 3. The summed E-state index contributed by atoms with van der Waals surface area (Å²) >= 11 is 0. The number of aliphatic hydroxyl groups excluding tert-OH is 1. The van der Waals surface area contributed by atoms with Crippen LogP contribution in [-0.2, 0) is 29.0 Å². The summed E-state index contributed by atoms with van der Waals surface area (Å²) in [5, 5.41) is 16.8. The van der Waals surface area contributed by atoms with Crippen molar-refractivity contribution in [2.24, 2.45) is 5.41 Å². The van der Waals surface area contributed by atoms with Crippen LogP contribution < -0.4 is 30.1 Å². The molecule has 9 heterocycles. The van der Waals surface area contributed by atoms with Gasteiger partial charge in [0.1, 0.15) is 29.1 Å². The maximum absolute atomic E-state index is 14.2. The summed E-state index contributed by atoms with van der Waals surface area (Å²) in [6, 6.07) is 14.1. The van der Waals surface area contributed by atoms with Gasteiger partial charge in [-0.3, -0.25) is 44.0 Å². The van der Waals surface area contributed by atoms with Crippen molar-refractivity contribution >= 4 is 58.2 Å². The predicted octanol–water partition coefficient (Wildman–Crippen LogP) is 5.51. The summed E-state index contributed by atoms with van der Waals surface area (Å²) in [5.41, 5.74) is 7.28. The van der Waals surface area contributed by atoms with Crippen LogP contribution in [0.2, 0.25) is 0 Å². The summed E-state index contributed by atoms with van der Waals surface area (Å²) in [7, 11) is -2.80. The largest absolute Gasteiger partial charge is 0.480 e. The Morgan fingerprint density at radius 3 is 2.39 bits per heavy atom. The van der Waals surface area contributed by atoms with Gasteiger partial charge in [-0.1, -0.05) is 13.8 Å². The van der Waals surface area contributed by atoms with E-state index in [9.17, 15) is 29.1 Å². The average molecular weight is 965 g/mol. The highest BCUT2D eigenvalue weighted by Gasteiger charge is 2.45. The fourth-order valence-electron chi connectivity index (χ4n) is 11.8. The molecule has 5 aromatic rings. The zero-order chi connectivity index (χ0) is 52.0. The lowest BCUT2D eigenvalue weighted by Gasteiger charge is -2.46. The molecule has 1 aliphatic carbocycles. The number of rotatable bonds is 10. The van der Waals surface area contributed by atoms with Gasteiger partial charge in [0.15, 0.2) is 0 Å².